The van der Waals surface area contributed by atoms with Crippen LogP contribution in [0, 0.1) is 6.08 Å². The predicted molar refractivity (Wildman–Crippen MR) is 58.3 cm³/mol. The van der Waals surface area contributed by atoms with Gasteiger partial charge in [0.05, 0.1) is 0 Å². The van der Waals surface area contributed by atoms with E-state index >= 15 is 0 Å². The quantitative estimate of drug-likeness (QED) is 0.520. The van der Waals surface area contributed by atoms with Crippen LogP contribution in [0.3, 0.4) is 0 Å². The van der Waals surface area contributed by atoms with Crippen molar-refractivity contribution in [3.8, 4) is 0 Å². The van der Waals surface area contributed by atoms with Crippen LogP contribution in [0.25, 0.3) is 0 Å². The van der Waals surface area contributed by atoms with Gasteiger partial charge in [0.15, 0.2) is 0 Å². The second-order valence-corrected chi connectivity index (χ2v) is 3.12. The second-order valence-electron chi connectivity index (χ2n) is 3.12. The van der Waals surface area contributed by atoms with Crippen molar-refractivity contribution in [3.05, 3.63) is 48.6 Å². The molecule has 0 aromatic rings. The highest BCUT2D eigenvalue weighted by molar-refractivity contribution is 5.05. The highest BCUT2D eigenvalue weighted by Gasteiger charge is 1.81. The minimum atomic E-state index is 1.07. The topological polar surface area (TPSA) is 0 Å². The largest absolute Gasteiger partial charge is 0.0845 e. The van der Waals surface area contributed by atoms with Crippen molar-refractivity contribution in [2.45, 2.75) is 32.1 Å². The van der Waals surface area contributed by atoms with Crippen molar-refractivity contribution in [2.24, 2.45) is 0 Å². The van der Waals surface area contributed by atoms with Crippen LogP contribution in [-0.4, -0.2) is 0 Å². The van der Waals surface area contributed by atoms with Crippen molar-refractivity contribution >= 4 is 0 Å². The van der Waals surface area contributed by atoms with Gasteiger partial charge in [-0.3, -0.25) is 0 Å². The van der Waals surface area contributed by atoms with Gasteiger partial charge in [-0.25, -0.2) is 0 Å². The van der Waals surface area contributed by atoms with Crippen LogP contribution in [0.4, 0.5) is 0 Å². The zero-order valence-corrected chi connectivity index (χ0v) is 8.08. The molecule has 1 radical (unpaired) electrons. The molecular formula is C13H17. The number of hydrogen-bond acceptors (Lipinski definition) is 0. The van der Waals surface area contributed by atoms with E-state index in [2.05, 4.69) is 42.5 Å². The highest BCUT2D eigenvalue weighted by atomic mass is 13.9. The summed E-state index contributed by atoms with van der Waals surface area (Å²) in [5, 5.41) is 0. The summed E-state index contributed by atoms with van der Waals surface area (Å²) in [6.45, 7) is 0. The van der Waals surface area contributed by atoms with Crippen LogP contribution >= 0.6 is 0 Å². The molecule has 0 fully saturated rings. The Morgan fingerprint density at radius 1 is 0.769 bits per heavy atom. The normalized spacial score (nSPS) is 19.1. The van der Waals surface area contributed by atoms with Crippen LogP contribution < -0.4 is 0 Å². The molecule has 0 saturated heterocycles. The molecule has 0 amide bonds. The fourth-order valence-corrected chi connectivity index (χ4v) is 1.18. The molecule has 0 heterocycles. The molecule has 0 saturated carbocycles. The van der Waals surface area contributed by atoms with E-state index in [4.69, 9.17) is 0 Å². The van der Waals surface area contributed by atoms with Gasteiger partial charge in [-0.1, -0.05) is 42.5 Å². The van der Waals surface area contributed by atoms with E-state index in [1.54, 1.807) is 0 Å². The Bertz CT molecular complexity index is 192. The Balaban J connectivity index is 2.38. The lowest BCUT2D eigenvalue weighted by molar-refractivity contribution is 0.855. The minimum absolute atomic E-state index is 1.07. The smallest absolute Gasteiger partial charge is 0.0273 e. The van der Waals surface area contributed by atoms with Gasteiger partial charge in [-0.15, -0.1) is 0 Å². The molecule has 0 spiro atoms. The van der Waals surface area contributed by atoms with Crippen molar-refractivity contribution in [1.82, 2.24) is 0 Å². The maximum atomic E-state index is 3.26. The fourth-order valence-electron chi connectivity index (χ4n) is 1.18. The Morgan fingerprint density at radius 2 is 1.46 bits per heavy atom. The summed E-state index contributed by atoms with van der Waals surface area (Å²) < 4.78 is 0. The molecule has 0 bridgehead atoms. The standard InChI is InChI=1S/C13H17/c1-2-4-6-8-10-12-13-11-9-7-5-3-1/h1-4,9,11,13H,5-8,10H2. The van der Waals surface area contributed by atoms with E-state index in [1.165, 1.54) is 6.42 Å². The molecule has 0 heteroatoms. The summed E-state index contributed by atoms with van der Waals surface area (Å²) in [5.74, 6) is 0. The van der Waals surface area contributed by atoms with E-state index in [1.807, 2.05) is 6.08 Å². The molecule has 69 valence electrons. The zero-order chi connectivity index (χ0) is 9.19. The molecule has 1 rings (SSSR count). The second kappa shape index (κ2) is 7.60. The summed E-state index contributed by atoms with van der Waals surface area (Å²) in [7, 11) is 0. The van der Waals surface area contributed by atoms with Crippen LogP contribution in [0.1, 0.15) is 32.1 Å². The first-order chi connectivity index (χ1) is 6.50. The van der Waals surface area contributed by atoms with E-state index in [0.717, 1.165) is 25.7 Å². The van der Waals surface area contributed by atoms with Gasteiger partial charge in [-0.2, -0.15) is 0 Å². The van der Waals surface area contributed by atoms with Gasteiger partial charge in [-0.05, 0) is 38.2 Å². The highest BCUT2D eigenvalue weighted by Crippen LogP contribution is 2.00. The summed E-state index contributed by atoms with van der Waals surface area (Å²) in [5.41, 5.74) is 0. The molecule has 0 nitrogen and oxygen atoms in total. The third kappa shape index (κ3) is 6.15. The summed E-state index contributed by atoms with van der Waals surface area (Å²) in [4.78, 5) is 0. The average Bonchev–Trinajstić information content (AvgIpc) is 2.18. The Hall–Kier alpha value is -1.04. The third-order valence-electron chi connectivity index (χ3n) is 1.93. The van der Waals surface area contributed by atoms with Crippen LogP contribution in [0.5, 0.6) is 0 Å². The molecule has 0 aromatic heterocycles. The molecular weight excluding hydrogens is 156 g/mol. The number of rotatable bonds is 0. The molecule has 13 heavy (non-hydrogen) atoms. The van der Waals surface area contributed by atoms with Gasteiger partial charge >= 0.3 is 0 Å². The Labute approximate surface area is 81.4 Å². The maximum absolute atomic E-state index is 3.26. The summed E-state index contributed by atoms with van der Waals surface area (Å²) in [6, 6.07) is 0. The molecule has 0 aromatic carbocycles. The Morgan fingerprint density at radius 3 is 2.31 bits per heavy atom. The number of allylic oxidation sites excluding steroid dienone is 8. The van der Waals surface area contributed by atoms with E-state index in [0.29, 0.717) is 0 Å². The molecule has 0 unspecified atom stereocenters. The van der Waals surface area contributed by atoms with Gasteiger partial charge in [0, 0.05) is 0 Å². The van der Waals surface area contributed by atoms with E-state index in [-0.39, 0.29) is 0 Å². The first-order valence-electron chi connectivity index (χ1n) is 5.03. The lowest BCUT2D eigenvalue weighted by Gasteiger charge is -1.87. The van der Waals surface area contributed by atoms with Gasteiger partial charge < -0.3 is 0 Å². The first-order valence-corrected chi connectivity index (χ1v) is 5.03. The molecule has 0 aliphatic heterocycles. The van der Waals surface area contributed by atoms with Crippen LogP contribution in [0.2, 0.25) is 0 Å². The zero-order valence-electron chi connectivity index (χ0n) is 8.08. The van der Waals surface area contributed by atoms with Gasteiger partial charge in [0.1, 0.15) is 0 Å². The van der Waals surface area contributed by atoms with Gasteiger partial charge in [0.25, 0.3) is 0 Å². The van der Waals surface area contributed by atoms with Crippen molar-refractivity contribution < 1.29 is 0 Å². The van der Waals surface area contributed by atoms with Crippen molar-refractivity contribution in [2.75, 3.05) is 0 Å². The summed E-state index contributed by atoms with van der Waals surface area (Å²) in [6.07, 6.45) is 24.0. The van der Waals surface area contributed by atoms with Crippen LogP contribution in [-0.2, 0) is 0 Å². The molecule has 0 N–H and O–H groups in total. The van der Waals surface area contributed by atoms with E-state index in [9.17, 15) is 0 Å². The van der Waals surface area contributed by atoms with Crippen LogP contribution in [0.15, 0.2) is 42.5 Å². The SMILES string of the molecule is [C]1=CC=CCCC=CC=CCCC1. The predicted octanol–water partition coefficient (Wildman–Crippen LogP) is 3.98. The summed E-state index contributed by atoms with van der Waals surface area (Å²) >= 11 is 0. The molecule has 1 aliphatic rings. The van der Waals surface area contributed by atoms with Gasteiger partial charge in [0.2, 0.25) is 0 Å². The lowest BCUT2D eigenvalue weighted by Crippen LogP contribution is -1.68. The minimum Gasteiger partial charge on any atom is -0.0845 e. The van der Waals surface area contributed by atoms with E-state index < -0.39 is 0 Å². The first kappa shape index (κ1) is 10.0. The Kier molecular flexibility index (Phi) is 5.87. The molecule has 0 atom stereocenters. The lowest BCUT2D eigenvalue weighted by atomic mass is 10.2. The maximum Gasteiger partial charge on any atom is -0.0273 e. The molecule has 1 aliphatic carbocycles. The van der Waals surface area contributed by atoms with Crippen molar-refractivity contribution in [1.29, 1.82) is 0 Å². The number of hydrogen-bond donors (Lipinski definition) is 0. The fraction of sp³-hybridized carbons (Fsp3) is 0.385. The average molecular weight is 173 g/mol. The van der Waals surface area contributed by atoms with Crippen molar-refractivity contribution in [3.63, 3.8) is 0 Å². The monoisotopic (exact) mass is 173 g/mol. The third-order valence-corrected chi connectivity index (χ3v) is 1.93.